The van der Waals surface area contributed by atoms with Gasteiger partial charge in [0.25, 0.3) is 0 Å². The second kappa shape index (κ2) is 5.83. The number of rotatable bonds is 4. The van der Waals surface area contributed by atoms with Crippen LogP contribution in [0.1, 0.15) is 5.56 Å². The molecule has 0 bridgehead atoms. The second-order valence-electron chi connectivity index (χ2n) is 2.62. The normalized spacial score (nSPS) is 9.50. The topological polar surface area (TPSA) is 9.23 Å². The van der Waals surface area contributed by atoms with Crippen molar-refractivity contribution < 1.29 is 4.74 Å². The van der Waals surface area contributed by atoms with Crippen LogP contribution in [0.3, 0.4) is 0 Å². The number of thioether (sulfide) groups is 1. The van der Waals surface area contributed by atoms with E-state index in [-0.39, 0.29) is 0 Å². The van der Waals surface area contributed by atoms with E-state index in [0.717, 1.165) is 21.3 Å². The van der Waals surface area contributed by atoms with Crippen molar-refractivity contribution in [2.75, 3.05) is 12.9 Å². The summed E-state index contributed by atoms with van der Waals surface area (Å²) in [5.41, 5.74) is 1.06. The Bertz CT molecular complexity index is 317. The lowest BCUT2D eigenvalue weighted by molar-refractivity contribution is 0.415. The highest BCUT2D eigenvalue weighted by Gasteiger charge is 2.00. The highest BCUT2D eigenvalue weighted by Crippen LogP contribution is 2.17. The maximum Gasteiger partial charge on any atom is 0.118 e. The zero-order valence-electron chi connectivity index (χ0n) is 8.03. The monoisotopic (exact) mass is 224 g/mol. The van der Waals surface area contributed by atoms with Gasteiger partial charge in [0, 0.05) is 5.75 Å². The Hall–Kier alpha value is -0.800. The van der Waals surface area contributed by atoms with Gasteiger partial charge in [0.1, 0.15) is 5.75 Å². The Labute approximate surface area is 94.2 Å². The molecule has 1 aromatic rings. The van der Waals surface area contributed by atoms with Crippen molar-refractivity contribution in [2.24, 2.45) is 0 Å². The molecule has 1 aromatic carbocycles. The van der Waals surface area contributed by atoms with E-state index in [9.17, 15) is 0 Å². The molecule has 0 unspecified atom stereocenters. The smallest absolute Gasteiger partial charge is 0.118 e. The lowest BCUT2D eigenvalue weighted by Gasteiger charge is -2.03. The van der Waals surface area contributed by atoms with Gasteiger partial charge in [-0.2, -0.15) is 0 Å². The van der Waals surface area contributed by atoms with Gasteiger partial charge in [-0.1, -0.05) is 18.3 Å². The Morgan fingerprint density at radius 3 is 2.64 bits per heavy atom. The van der Waals surface area contributed by atoms with Crippen LogP contribution in [0.4, 0.5) is 0 Å². The molecule has 0 aliphatic carbocycles. The van der Waals surface area contributed by atoms with Crippen LogP contribution in [-0.2, 0) is 0 Å². The Morgan fingerprint density at radius 1 is 1.50 bits per heavy atom. The van der Waals surface area contributed by atoms with Gasteiger partial charge in [0.05, 0.1) is 11.3 Å². The predicted octanol–water partition coefficient (Wildman–Crippen LogP) is 3.29. The third-order valence-corrected chi connectivity index (χ3v) is 3.15. The molecule has 0 N–H and O–H groups in total. The second-order valence-corrected chi connectivity index (χ2v) is 4.31. The number of hydrogen-bond acceptors (Lipinski definition) is 3. The summed E-state index contributed by atoms with van der Waals surface area (Å²) in [5, 5.41) is 0. The first kappa shape index (κ1) is 11.3. The van der Waals surface area contributed by atoms with E-state index in [1.54, 1.807) is 18.9 Å². The van der Waals surface area contributed by atoms with Crippen molar-refractivity contribution in [2.45, 2.75) is 0 Å². The van der Waals surface area contributed by atoms with Crippen molar-refractivity contribution in [3.63, 3.8) is 0 Å². The van der Waals surface area contributed by atoms with E-state index >= 15 is 0 Å². The zero-order chi connectivity index (χ0) is 10.4. The van der Waals surface area contributed by atoms with Gasteiger partial charge in [-0.3, -0.25) is 0 Å². The summed E-state index contributed by atoms with van der Waals surface area (Å²) in [6.45, 7) is 3.65. The fourth-order valence-electron chi connectivity index (χ4n) is 0.945. The highest BCUT2D eigenvalue weighted by atomic mass is 32.2. The molecule has 0 saturated heterocycles. The first-order valence-electron chi connectivity index (χ1n) is 4.20. The predicted molar refractivity (Wildman–Crippen MR) is 67.3 cm³/mol. The van der Waals surface area contributed by atoms with E-state index in [2.05, 4.69) is 6.58 Å². The lowest BCUT2D eigenvalue weighted by atomic mass is 10.2. The van der Waals surface area contributed by atoms with Crippen molar-refractivity contribution in [3.05, 3.63) is 42.5 Å². The third-order valence-electron chi connectivity index (χ3n) is 1.66. The Kier molecular flexibility index (Phi) is 4.70. The number of thiocarbonyl (C=S) groups is 1. The standard InChI is InChI=1S/C11H12OS2/c1-3-8-14-11(13)9-4-6-10(12-2)7-5-9/h3-7H,1,8H2,2H3. The summed E-state index contributed by atoms with van der Waals surface area (Å²) in [5.74, 6) is 1.70. The molecule has 0 heterocycles. The quantitative estimate of drug-likeness (QED) is 0.574. The van der Waals surface area contributed by atoms with Crippen molar-refractivity contribution >= 4 is 28.2 Å². The molecule has 14 heavy (non-hydrogen) atoms. The molecule has 0 aliphatic rings. The maximum absolute atomic E-state index is 5.24. The van der Waals surface area contributed by atoms with Crippen molar-refractivity contribution in [1.82, 2.24) is 0 Å². The number of methoxy groups -OCH3 is 1. The summed E-state index contributed by atoms with van der Waals surface area (Å²) in [7, 11) is 1.65. The number of benzene rings is 1. The molecule has 1 rings (SSSR count). The van der Waals surface area contributed by atoms with Crippen LogP contribution in [0, 0.1) is 0 Å². The minimum absolute atomic E-state index is 0.852. The van der Waals surface area contributed by atoms with Gasteiger partial charge in [0.2, 0.25) is 0 Å². The fourth-order valence-corrected chi connectivity index (χ4v) is 1.86. The van der Waals surface area contributed by atoms with Crippen LogP contribution in [0.5, 0.6) is 5.75 Å². The summed E-state index contributed by atoms with van der Waals surface area (Å²) in [4.78, 5) is 0. The van der Waals surface area contributed by atoms with Gasteiger partial charge >= 0.3 is 0 Å². The van der Waals surface area contributed by atoms with Gasteiger partial charge in [0.15, 0.2) is 0 Å². The SMILES string of the molecule is C=CCSC(=S)c1ccc(OC)cc1. The highest BCUT2D eigenvalue weighted by molar-refractivity contribution is 8.23. The molecule has 3 heteroatoms. The van der Waals surface area contributed by atoms with Gasteiger partial charge in [-0.25, -0.2) is 0 Å². The van der Waals surface area contributed by atoms with Crippen LogP contribution in [0.2, 0.25) is 0 Å². The molecule has 0 fully saturated rings. The first-order valence-corrected chi connectivity index (χ1v) is 5.59. The van der Waals surface area contributed by atoms with Crippen LogP contribution in [0.25, 0.3) is 0 Å². The van der Waals surface area contributed by atoms with Crippen LogP contribution >= 0.6 is 24.0 Å². The average Bonchev–Trinajstić information content (AvgIpc) is 2.26. The molecule has 0 radical (unpaired) electrons. The fraction of sp³-hybridized carbons (Fsp3) is 0.182. The minimum Gasteiger partial charge on any atom is -0.497 e. The van der Waals surface area contributed by atoms with Crippen LogP contribution in [0.15, 0.2) is 36.9 Å². The van der Waals surface area contributed by atoms with Gasteiger partial charge < -0.3 is 4.74 Å². The summed E-state index contributed by atoms with van der Waals surface area (Å²) in [6, 6.07) is 7.76. The summed E-state index contributed by atoms with van der Waals surface area (Å²) in [6.07, 6.45) is 1.85. The molecule has 74 valence electrons. The van der Waals surface area contributed by atoms with E-state index in [1.807, 2.05) is 30.3 Å². The van der Waals surface area contributed by atoms with Gasteiger partial charge in [-0.15, -0.1) is 18.3 Å². The average molecular weight is 224 g/mol. The lowest BCUT2D eigenvalue weighted by Crippen LogP contribution is -1.92. The van der Waals surface area contributed by atoms with Crippen molar-refractivity contribution in [1.29, 1.82) is 0 Å². The molecule has 0 spiro atoms. The number of ether oxygens (including phenoxy) is 1. The Morgan fingerprint density at radius 2 is 2.14 bits per heavy atom. The molecule has 0 aliphatic heterocycles. The molecule has 0 amide bonds. The third kappa shape index (κ3) is 3.16. The molecule has 0 saturated carbocycles. The summed E-state index contributed by atoms with van der Waals surface area (Å²) >= 11 is 6.86. The first-order chi connectivity index (χ1) is 6.77. The van der Waals surface area contributed by atoms with Crippen LogP contribution in [-0.4, -0.2) is 17.1 Å². The molecular formula is C11H12OS2. The minimum atomic E-state index is 0.852. The van der Waals surface area contributed by atoms with Crippen molar-refractivity contribution in [3.8, 4) is 5.75 Å². The van der Waals surface area contributed by atoms with Crippen LogP contribution < -0.4 is 4.74 Å². The zero-order valence-corrected chi connectivity index (χ0v) is 9.66. The maximum atomic E-state index is 5.24. The largest absolute Gasteiger partial charge is 0.497 e. The number of hydrogen-bond donors (Lipinski definition) is 0. The molecule has 0 atom stereocenters. The summed E-state index contributed by atoms with van der Waals surface area (Å²) < 4.78 is 5.96. The van der Waals surface area contributed by atoms with E-state index < -0.39 is 0 Å². The molecule has 1 nitrogen and oxygen atoms in total. The van der Waals surface area contributed by atoms with E-state index in [1.165, 1.54) is 0 Å². The van der Waals surface area contributed by atoms with E-state index in [0.29, 0.717) is 0 Å². The molecule has 0 aromatic heterocycles. The molecular weight excluding hydrogens is 212 g/mol. The Balaban J connectivity index is 2.66. The van der Waals surface area contributed by atoms with Gasteiger partial charge in [-0.05, 0) is 29.8 Å². The van der Waals surface area contributed by atoms with E-state index in [4.69, 9.17) is 17.0 Å².